The van der Waals surface area contributed by atoms with Gasteiger partial charge in [0.15, 0.2) is 0 Å². The smallest absolute Gasteiger partial charge is 0.137 e. The predicted molar refractivity (Wildman–Crippen MR) is 138 cm³/mol. The normalized spacial score (nSPS) is 20.5. The number of methoxy groups -OCH3 is 1. The highest BCUT2D eigenvalue weighted by Gasteiger charge is 2.26. The van der Waals surface area contributed by atoms with Crippen LogP contribution in [-0.2, 0) is 11.3 Å². The molecule has 184 valence electrons. The molecule has 35 heavy (non-hydrogen) atoms. The Labute approximate surface area is 206 Å². The van der Waals surface area contributed by atoms with Crippen molar-refractivity contribution in [3.05, 3.63) is 54.4 Å². The second kappa shape index (κ2) is 9.70. The summed E-state index contributed by atoms with van der Waals surface area (Å²) < 4.78 is 15.3. The predicted octanol–water partition coefficient (Wildman–Crippen LogP) is 5.30. The first-order chi connectivity index (χ1) is 16.9. The Hall–Kier alpha value is -3.39. The maximum absolute atomic E-state index is 5.95. The van der Waals surface area contributed by atoms with Crippen molar-refractivity contribution in [3.63, 3.8) is 0 Å². The molecular formula is C27H34N6O2. The van der Waals surface area contributed by atoms with Crippen LogP contribution >= 0.6 is 0 Å². The highest BCUT2D eigenvalue weighted by molar-refractivity contribution is 6.00. The van der Waals surface area contributed by atoms with Crippen molar-refractivity contribution in [2.45, 2.75) is 71.4 Å². The Bertz CT molecular complexity index is 1280. The lowest BCUT2D eigenvalue weighted by Gasteiger charge is -2.33. The molecule has 1 saturated heterocycles. The fourth-order valence-corrected chi connectivity index (χ4v) is 4.91. The lowest BCUT2D eigenvalue weighted by Crippen LogP contribution is -2.37. The van der Waals surface area contributed by atoms with Crippen LogP contribution in [0.4, 0.5) is 5.82 Å². The second-order valence-electron chi connectivity index (χ2n) is 9.75. The first kappa shape index (κ1) is 23.4. The third-order valence-electron chi connectivity index (χ3n) is 6.57. The minimum absolute atomic E-state index is 0.217. The molecule has 1 fully saturated rings. The van der Waals surface area contributed by atoms with E-state index in [1.165, 1.54) is 0 Å². The molecule has 4 aromatic rings. The van der Waals surface area contributed by atoms with E-state index in [1.54, 1.807) is 7.11 Å². The molecule has 3 aromatic heterocycles. The third-order valence-corrected chi connectivity index (χ3v) is 6.57. The first-order valence-electron chi connectivity index (χ1n) is 12.4. The van der Waals surface area contributed by atoms with Crippen LogP contribution in [0.25, 0.3) is 22.3 Å². The van der Waals surface area contributed by atoms with Crippen LogP contribution in [0.3, 0.4) is 0 Å². The molecule has 8 heteroatoms. The Balaban J connectivity index is 1.57. The number of fused-ring (bicyclic) bond motifs is 1. The molecule has 0 aliphatic carbocycles. The van der Waals surface area contributed by atoms with Gasteiger partial charge in [0.05, 0.1) is 36.8 Å². The van der Waals surface area contributed by atoms with E-state index in [0.717, 1.165) is 52.3 Å². The molecule has 1 aliphatic rings. The quantitative estimate of drug-likeness (QED) is 0.392. The number of pyridine rings is 1. The summed E-state index contributed by atoms with van der Waals surface area (Å²) in [6.45, 7) is 9.16. The number of hydrogen-bond donors (Lipinski definition) is 1. The topological polar surface area (TPSA) is 79.0 Å². The van der Waals surface area contributed by atoms with Crippen molar-refractivity contribution in [2.75, 3.05) is 12.4 Å². The van der Waals surface area contributed by atoms with E-state index < -0.39 is 0 Å². The molecule has 0 spiro atoms. The molecule has 0 radical (unpaired) electrons. The Morgan fingerprint density at radius 3 is 2.46 bits per heavy atom. The molecule has 1 aromatic carbocycles. The highest BCUT2D eigenvalue weighted by Crippen LogP contribution is 2.34. The van der Waals surface area contributed by atoms with Crippen LogP contribution in [0.15, 0.2) is 48.8 Å². The van der Waals surface area contributed by atoms with E-state index in [1.807, 2.05) is 46.0 Å². The van der Waals surface area contributed by atoms with Crippen molar-refractivity contribution in [1.29, 1.82) is 0 Å². The van der Waals surface area contributed by atoms with Crippen LogP contribution in [0.5, 0.6) is 5.75 Å². The van der Waals surface area contributed by atoms with Crippen LogP contribution in [0, 0.1) is 0 Å². The molecule has 0 saturated carbocycles. The van der Waals surface area contributed by atoms with Gasteiger partial charge in [0.1, 0.15) is 23.0 Å². The molecule has 1 aliphatic heterocycles. The average molecular weight is 475 g/mol. The van der Waals surface area contributed by atoms with Gasteiger partial charge in [-0.15, -0.1) is 0 Å². The van der Waals surface area contributed by atoms with Crippen molar-refractivity contribution < 1.29 is 9.47 Å². The summed E-state index contributed by atoms with van der Waals surface area (Å²) in [5, 5.41) is 14.6. The molecule has 5 rings (SSSR count). The standard InChI is InChI=1S/C27H34N6O2/c1-17(2)32-13-11-23(30-32)26-25-24(33(31-26)16-20-6-8-22(34-5)9-7-20)10-12-28-27(25)29-21-14-18(3)35-19(4)15-21/h6-13,17-19,21H,14-16H2,1-5H3,(H,28,29)/t18-,19+,21?. The highest BCUT2D eigenvalue weighted by atomic mass is 16.5. The Kier molecular flexibility index (Phi) is 6.47. The van der Waals surface area contributed by atoms with Crippen LogP contribution in [-0.4, -0.2) is 49.9 Å². The van der Waals surface area contributed by atoms with Crippen molar-refractivity contribution in [3.8, 4) is 17.1 Å². The van der Waals surface area contributed by atoms with E-state index in [4.69, 9.17) is 24.7 Å². The summed E-state index contributed by atoms with van der Waals surface area (Å²) in [4.78, 5) is 4.77. The van der Waals surface area contributed by atoms with E-state index in [0.29, 0.717) is 6.54 Å². The average Bonchev–Trinajstić information content (AvgIpc) is 3.45. The number of ether oxygens (including phenoxy) is 2. The molecule has 0 amide bonds. The van der Waals surface area contributed by atoms with E-state index in [9.17, 15) is 0 Å². The third kappa shape index (κ3) is 4.89. The number of nitrogens with zero attached hydrogens (tertiary/aromatic N) is 5. The fraction of sp³-hybridized carbons (Fsp3) is 0.444. The molecule has 1 N–H and O–H groups in total. The largest absolute Gasteiger partial charge is 0.497 e. The van der Waals surface area contributed by atoms with Crippen LogP contribution in [0.2, 0.25) is 0 Å². The summed E-state index contributed by atoms with van der Waals surface area (Å²) in [6.07, 6.45) is 6.20. The maximum Gasteiger partial charge on any atom is 0.137 e. The van der Waals surface area contributed by atoms with E-state index >= 15 is 0 Å². The van der Waals surface area contributed by atoms with Crippen LogP contribution in [0.1, 0.15) is 52.1 Å². The second-order valence-corrected chi connectivity index (χ2v) is 9.75. The van der Waals surface area contributed by atoms with Gasteiger partial charge in [-0.2, -0.15) is 10.2 Å². The number of aromatic nitrogens is 5. The zero-order valence-electron chi connectivity index (χ0n) is 21.1. The lowest BCUT2D eigenvalue weighted by atomic mass is 9.99. The SMILES string of the molecule is COc1ccc(Cn2nc(-c3ccn(C(C)C)n3)c3c(NC4C[C@@H](C)O[C@@H](C)C4)nccc32)cc1. The van der Waals surface area contributed by atoms with Gasteiger partial charge in [-0.05, 0) is 70.4 Å². The lowest BCUT2D eigenvalue weighted by molar-refractivity contribution is -0.0338. The number of benzene rings is 1. The molecule has 8 nitrogen and oxygen atoms in total. The van der Waals surface area contributed by atoms with Crippen molar-refractivity contribution in [1.82, 2.24) is 24.5 Å². The first-order valence-corrected chi connectivity index (χ1v) is 12.4. The molecular weight excluding hydrogens is 440 g/mol. The van der Waals surface area contributed by atoms with Gasteiger partial charge in [0, 0.05) is 24.5 Å². The number of hydrogen-bond acceptors (Lipinski definition) is 6. The number of rotatable bonds is 7. The monoisotopic (exact) mass is 474 g/mol. The van der Waals surface area contributed by atoms with Crippen molar-refractivity contribution >= 4 is 16.7 Å². The minimum Gasteiger partial charge on any atom is -0.497 e. The van der Waals surface area contributed by atoms with Gasteiger partial charge < -0.3 is 14.8 Å². The van der Waals surface area contributed by atoms with Crippen molar-refractivity contribution in [2.24, 2.45) is 0 Å². The van der Waals surface area contributed by atoms with Gasteiger partial charge in [-0.1, -0.05) is 12.1 Å². The molecule has 4 heterocycles. The van der Waals surface area contributed by atoms with E-state index in [2.05, 4.69) is 45.1 Å². The van der Waals surface area contributed by atoms with Gasteiger partial charge >= 0.3 is 0 Å². The van der Waals surface area contributed by atoms with Gasteiger partial charge in [-0.25, -0.2) is 4.98 Å². The number of anilines is 1. The summed E-state index contributed by atoms with van der Waals surface area (Å²) in [5.41, 5.74) is 3.87. The Morgan fingerprint density at radius 1 is 1.06 bits per heavy atom. The van der Waals surface area contributed by atoms with Gasteiger partial charge in [-0.3, -0.25) is 9.36 Å². The molecule has 0 bridgehead atoms. The summed E-state index contributed by atoms with van der Waals surface area (Å²) in [5.74, 6) is 1.69. The summed E-state index contributed by atoms with van der Waals surface area (Å²) in [7, 11) is 1.68. The summed E-state index contributed by atoms with van der Waals surface area (Å²) >= 11 is 0. The van der Waals surface area contributed by atoms with Gasteiger partial charge in [0.2, 0.25) is 0 Å². The minimum atomic E-state index is 0.217. The number of nitrogens with one attached hydrogen (secondary N) is 1. The maximum atomic E-state index is 5.95. The molecule has 1 unspecified atom stereocenters. The van der Waals surface area contributed by atoms with E-state index in [-0.39, 0.29) is 24.3 Å². The Morgan fingerprint density at radius 2 is 1.80 bits per heavy atom. The zero-order chi connectivity index (χ0) is 24.5. The zero-order valence-corrected chi connectivity index (χ0v) is 21.1. The van der Waals surface area contributed by atoms with Crippen LogP contribution < -0.4 is 10.1 Å². The summed E-state index contributed by atoms with van der Waals surface area (Å²) in [6, 6.07) is 12.7. The fourth-order valence-electron chi connectivity index (χ4n) is 4.91. The molecule has 3 atom stereocenters. The van der Waals surface area contributed by atoms with Gasteiger partial charge in [0.25, 0.3) is 0 Å².